The molecule has 0 spiro atoms. The van der Waals surface area contributed by atoms with Crippen LogP contribution in [0.4, 0.5) is 11.4 Å². The van der Waals surface area contributed by atoms with Gasteiger partial charge < -0.3 is 14.8 Å². The first kappa shape index (κ1) is 21.7. The van der Waals surface area contributed by atoms with Gasteiger partial charge in [-0.2, -0.15) is 5.26 Å². The van der Waals surface area contributed by atoms with E-state index in [1.54, 1.807) is 54.6 Å². The number of nitrogens with zero attached hydrogens (tertiary/aromatic N) is 1. The molecule has 2 N–H and O–H groups in total. The first-order valence-electron chi connectivity index (χ1n) is 9.10. The zero-order chi connectivity index (χ0) is 22.3. The molecule has 158 valence electrons. The molecular weight excluding hydrogens is 418 g/mol. The van der Waals surface area contributed by atoms with E-state index in [4.69, 9.17) is 14.7 Å². The lowest BCUT2D eigenvalue weighted by molar-refractivity contribution is -0.118. The summed E-state index contributed by atoms with van der Waals surface area (Å²) in [5.74, 6) is 0.360. The smallest absolute Gasteiger partial charge is 0.262 e. The third-order valence-corrected chi connectivity index (χ3v) is 5.50. The Hall–Kier alpha value is -4.03. The van der Waals surface area contributed by atoms with E-state index in [1.165, 1.54) is 25.3 Å². The highest BCUT2D eigenvalue weighted by Gasteiger charge is 2.17. The Balaban J connectivity index is 1.66. The molecule has 0 aliphatic heterocycles. The van der Waals surface area contributed by atoms with Crippen molar-refractivity contribution in [1.29, 1.82) is 5.26 Å². The minimum atomic E-state index is -3.91. The Morgan fingerprint density at radius 2 is 1.77 bits per heavy atom. The molecule has 0 atom stereocenters. The minimum Gasteiger partial charge on any atom is -0.495 e. The van der Waals surface area contributed by atoms with Crippen LogP contribution in [0, 0.1) is 11.3 Å². The average Bonchev–Trinajstić information content (AvgIpc) is 2.78. The lowest BCUT2D eigenvalue weighted by atomic mass is 10.2. The molecule has 3 rings (SSSR count). The zero-order valence-corrected chi connectivity index (χ0v) is 17.3. The van der Waals surface area contributed by atoms with Crippen molar-refractivity contribution >= 4 is 27.3 Å². The van der Waals surface area contributed by atoms with Crippen LogP contribution < -0.4 is 19.5 Å². The highest BCUT2D eigenvalue weighted by atomic mass is 32.2. The molecule has 0 heterocycles. The van der Waals surface area contributed by atoms with Crippen LogP contribution in [0.5, 0.6) is 11.5 Å². The molecule has 0 aliphatic rings. The number of nitrogens with one attached hydrogen (secondary N) is 2. The van der Waals surface area contributed by atoms with Crippen molar-refractivity contribution in [2.75, 3.05) is 23.8 Å². The number of para-hydroxylation sites is 2. The Labute approximate surface area is 180 Å². The number of anilines is 2. The Kier molecular flexibility index (Phi) is 6.74. The summed E-state index contributed by atoms with van der Waals surface area (Å²) in [6, 6.07) is 20.8. The topological polar surface area (TPSA) is 118 Å². The molecule has 0 aromatic heterocycles. The van der Waals surface area contributed by atoms with Gasteiger partial charge >= 0.3 is 0 Å². The number of amides is 1. The molecule has 3 aromatic carbocycles. The van der Waals surface area contributed by atoms with Gasteiger partial charge in [0.05, 0.1) is 29.3 Å². The van der Waals surface area contributed by atoms with Gasteiger partial charge in [0.25, 0.3) is 15.9 Å². The minimum absolute atomic E-state index is 0.0239. The van der Waals surface area contributed by atoms with Crippen molar-refractivity contribution in [3.8, 4) is 17.6 Å². The fourth-order valence-corrected chi connectivity index (χ4v) is 3.76. The number of ether oxygens (including phenoxy) is 2. The number of rotatable bonds is 8. The third kappa shape index (κ3) is 5.74. The van der Waals surface area contributed by atoms with E-state index in [1.807, 2.05) is 6.07 Å². The van der Waals surface area contributed by atoms with Crippen LogP contribution in [-0.4, -0.2) is 28.0 Å². The summed E-state index contributed by atoms with van der Waals surface area (Å²) in [5, 5.41) is 11.4. The fraction of sp³-hybridized carbons (Fsp3) is 0.0909. The molecule has 0 aliphatic carbocycles. The normalized spacial score (nSPS) is 10.6. The van der Waals surface area contributed by atoms with Crippen LogP contribution in [0.3, 0.4) is 0 Å². The number of sulfonamides is 1. The van der Waals surface area contributed by atoms with Gasteiger partial charge in [0.1, 0.15) is 11.5 Å². The average molecular weight is 437 g/mol. The molecule has 9 heteroatoms. The van der Waals surface area contributed by atoms with Gasteiger partial charge in [-0.05, 0) is 54.6 Å². The van der Waals surface area contributed by atoms with Crippen LogP contribution in [0.15, 0.2) is 77.7 Å². The van der Waals surface area contributed by atoms with E-state index in [9.17, 15) is 13.2 Å². The molecule has 31 heavy (non-hydrogen) atoms. The van der Waals surface area contributed by atoms with Gasteiger partial charge in [-0.1, -0.05) is 18.2 Å². The number of methoxy groups -OCH3 is 1. The van der Waals surface area contributed by atoms with E-state index in [2.05, 4.69) is 10.0 Å². The summed E-state index contributed by atoms with van der Waals surface area (Å²) in [5.41, 5.74) is 1.09. The van der Waals surface area contributed by atoms with Gasteiger partial charge in [-0.15, -0.1) is 0 Å². The van der Waals surface area contributed by atoms with Crippen molar-refractivity contribution in [2.24, 2.45) is 0 Å². The van der Waals surface area contributed by atoms with E-state index in [0.29, 0.717) is 28.4 Å². The van der Waals surface area contributed by atoms with Gasteiger partial charge in [0, 0.05) is 5.69 Å². The van der Waals surface area contributed by atoms with Crippen LogP contribution in [0.2, 0.25) is 0 Å². The van der Waals surface area contributed by atoms with Gasteiger partial charge in [-0.25, -0.2) is 8.42 Å². The predicted octanol–water partition coefficient (Wildman–Crippen LogP) is 3.39. The highest BCUT2D eigenvalue weighted by molar-refractivity contribution is 7.92. The van der Waals surface area contributed by atoms with Crippen LogP contribution in [0.1, 0.15) is 5.56 Å². The molecule has 1 amide bonds. The van der Waals surface area contributed by atoms with Gasteiger partial charge in [0.2, 0.25) is 0 Å². The second-order valence-electron chi connectivity index (χ2n) is 6.31. The van der Waals surface area contributed by atoms with Gasteiger partial charge in [-0.3, -0.25) is 9.52 Å². The number of benzene rings is 3. The Morgan fingerprint density at radius 3 is 2.48 bits per heavy atom. The quantitative estimate of drug-likeness (QED) is 0.558. The Morgan fingerprint density at radius 1 is 1.03 bits per heavy atom. The molecule has 0 saturated heterocycles. The maximum Gasteiger partial charge on any atom is 0.262 e. The molecular formula is C22H19N3O5S. The maximum absolute atomic E-state index is 12.7. The van der Waals surface area contributed by atoms with Gasteiger partial charge in [0.15, 0.2) is 6.61 Å². The van der Waals surface area contributed by atoms with E-state index in [0.717, 1.165) is 0 Å². The molecule has 0 radical (unpaired) electrons. The van der Waals surface area contributed by atoms with Crippen molar-refractivity contribution in [3.05, 3.63) is 78.4 Å². The summed E-state index contributed by atoms with van der Waals surface area (Å²) in [6.45, 7) is -0.275. The molecule has 3 aromatic rings. The summed E-state index contributed by atoms with van der Waals surface area (Å²) in [4.78, 5) is 12.2. The predicted molar refractivity (Wildman–Crippen MR) is 116 cm³/mol. The van der Waals surface area contributed by atoms with Crippen LogP contribution >= 0.6 is 0 Å². The lowest BCUT2D eigenvalue weighted by Gasteiger charge is -2.13. The summed E-state index contributed by atoms with van der Waals surface area (Å²) in [7, 11) is -2.46. The van der Waals surface area contributed by atoms with Crippen molar-refractivity contribution in [2.45, 2.75) is 4.90 Å². The first-order valence-corrected chi connectivity index (χ1v) is 10.6. The highest BCUT2D eigenvalue weighted by Crippen LogP contribution is 2.26. The van der Waals surface area contributed by atoms with Crippen LogP contribution in [-0.2, 0) is 14.8 Å². The van der Waals surface area contributed by atoms with Crippen molar-refractivity contribution in [3.63, 3.8) is 0 Å². The zero-order valence-electron chi connectivity index (χ0n) is 16.5. The fourth-order valence-electron chi connectivity index (χ4n) is 2.65. The molecule has 8 nitrogen and oxygen atoms in total. The summed E-state index contributed by atoms with van der Waals surface area (Å²) in [6.07, 6.45) is 0. The number of nitriles is 1. The van der Waals surface area contributed by atoms with Crippen molar-refractivity contribution < 1.29 is 22.7 Å². The number of carbonyl (C=O) groups is 1. The molecule has 0 bridgehead atoms. The number of hydrogen-bond donors (Lipinski definition) is 2. The second kappa shape index (κ2) is 9.65. The summed E-state index contributed by atoms with van der Waals surface area (Å²) < 4.78 is 38.5. The second-order valence-corrected chi connectivity index (χ2v) is 7.99. The molecule has 0 saturated carbocycles. The largest absolute Gasteiger partial charge is 0.495 e. The van der Waals surface area contributed by atoms with Crippen molar-refractivity contribution in [1.82, 2.24) is 0 Å². The lowest BCUT2D eigenvalue weighted by Crippen LogP contribution is -2.20. The van der Waals surface area contributed by atoms with E-state index < -0.39 is 15.9 Å². The Bertz CT molecular complexity index is 1220. The maximum atomic E-state index is 12.7. The monoisotopic (exact) mass is 437 g/mol. The van der Waals surface area contributed by atoms with E-state index >= 15 is 0 Å². The van der Waals surface area contributed by atoms with Crippen LogP contribution in [0.25, 0.3) is 0 Å². The molecule has 0 unspecified atom stereocenters. The number of hydrogen-bond acceptors (Lipinski definition) is 6. The SMILES string of the molecule is COc1ccccc1NS(=O)(=O)c1cccc(NC(=O)COc2ccc(C#N)cc2)c1. The molecule has 0 fully saturated rings. The first-order chi connectivity index (χ1) is 14.9. The summed E-state index contributed by atoms with van der Waals surface area (Å²) >= 11 is 0. The number of carbonyl (C=O) groups excluding carboxylic acids is 1. The van der Waals surface area contributed by atoms with E-state index in [-0.39, 0.29) is 11.5 Å². The third-order valence-electron chi connectivity index (χ3n) is 4.13. The standard InChI is InChI=1S/C22H19N3O5S/c1-29-21-8-3-2-7-20(21)25-31(27,28)19-6-4-5-17(13-19)24-22(26)15-30-18-11-9-16(14-23)10-12-18/h2-13,25H,15H2,1H3,(H,24,26).